The summed E-state index contributed by atoms with van der Waals surface area (Å²) in [6, 6.07) is 0.797. The van der Waals surface area contributed by atoms with Gasteiger partial charge in [0.15, 0.2) is 0 Å². The second-order valence-corrected chi connectivity index (χ2v) is 6.59. The molecule has 1 saturated heterocycles. The summed E-state index contributed by atoms with van der Waals surface area (Å²) in [5.74, 6) is 2.67. The number of nitrogens with zero attached hydrogens (tertiary/aromatic N) is 1. The minimum atomic E-state index is 0.635. The summed E-state index contributed by atoms with van der Waals surface area (Å²) < 4.78 is 0. The third-order valence-electron chi connectivity index (χ3n) is 3.74. The minimum Gasteiger partial charge on any atom is -0.298 e. The van der Waals surface area contributed by atoms with Crippen LogP contribution in [0.2, 0.25) is 0 Å². The molecular formula is C11H20BrNS. The molecule has 2 fully saturated rings. The molecule has 2 aliphatic rings. The Hall–Kier alpha value is 0.790. The highest BCUT2D eigenvalue weighted by Crippen LogP contribution is 2.43. The molecule has 1 unspecified atom stereocenters. The maximum absolute atomic E-state index is 3.70. The van der Waals surface area contributed by atoms with Gasteiger partial charge >= 0.3 is 0 Å². The van der Waals surface area contributed by atoms with Gasteiger partial charge in [0.25, 0.3) is 0 Å². The summed E-state index contributed by atoms with van der Waals surface area (Å²) in [7, 11) is 0. The highest BCUT2D eigenvalue weighted by atomic mass is 79.9. The Morgan fingerprint density at radius 3 is 2.79 bits per heavy atom. The first-order valence-electron chi connectivity index (χ1n) is 5.64. The van der Waals surface area contributed by atoms with Crippen molar-refractivity contribution in [1.29, 1.82) is 0 Å². The molecule has 2 rings (SSSR count). The van der Waals surface area contributed by atoms with Gasteiger partial charge in [0.05, 0.1) is 0 Å². The molecule has 0 aromatic heterocycles. The topological polar surface area (TPSA) is 3.24 Å². The van der Waals surface area contributed by atoms with E-state index < -0.39 is 0 Å². The third-order valence-corrected chi connectivity index (χ3v) is 6.12. The van der Waals surface area contributed by atoms with Gasteiger partial charge in [-0.25, -0.2) is 0 Å². The van der Waals surface area contributed by atoms with Gasteiger partial charge in [-0.2, -0.15) is 11.8 Å². The summed E-state index contributed by atoms with van der Waals surface area (Å²) in [5, 5.41) is 1.20. The number of halogens is 1. The normalized spacial score (nSPS) is 32.6. The van der Waals surface area contributed by atoms with Crippen molar-refractivity contribution in [2.75, 3.05) is 29.9 Å². The fraction of sp³-hybridized carbons (Fsp3) is 1.00. The molecule has 1 saturated carbocycles. The summed E-state index contributed by atoms with van der Waals surface area (Å²) >= 11 is 5.81. The average molecular weight is 278 g/mol. The fourth-order valence-corrected chi connectivity index (χ4v) is 4.26. The molecule has 14 heavy (non-hydrogen) atoms. The van der Waals surface area contributed by atoms with Crippen molar-refractivity contribution in [1.82, 2.24) is 4.90 Å². The van der Waals surface area contributed by atoms with Crippen molar-refractivity contribution >= 4 is 27.7 Å². The summed E-state index contributed by atoms with van der Waals surface area (Å²) in [6.45, 7) is 5.02. The number of hydrogen-bond acceptors (Lipinski definition) is 2. The maximum Gasteiger partial charge on any atom is 0.0158 e. The Kier molecular flexibility index (Phi) is 3.83. The Morgan fingerprint density at radius 2 is 2.29 bits per heavy atom. The smallest absolute Gasteiger partial charge is 0.0158 e. The molecule has 1 aliphatic heterocycles. The Bertz CT molecular complexity index is 188. The predicted molar refractivity (Wildman–Crippen MR) is 68.4 cm³/mol. The maximum atomic E-state index is 3.70. The number of thioether (sulfide) groups is 1. The zero-order valence-corrected chi connectivity index (χ0v) is 11.4. The highest BCUT2D eigenvalue weighted by molar-refractivity contribution is 9.09. The highest BCUT2D eigenvalue weighted by Gasteiger charge is 2.38. The standard InChI is InChI=1S/C11H20BrNS/c1-10-7-14-6-5-13(10)9-11(8-12)3-2-4-11/h10H,2-9H2,1H3. The average Bonchev–Trinajstić information content (AvgIpc) is 2.14. The van der Waals surface area contributed by atoms with E-state index in [4.69, 9.17) is 0 Å². The van der Waals surface area contributed by atoms with Crippen LogP contribution in [-0.2, 0) is 0 Å². The first-order chi connectivity index (χ1) is 6.76. The van der Waals surface area contributed by atoms with Gasteiger partial charge in [0.1, 0.15) is 0 Å². The number of alkyl halides is 1. The van der Waals surface area contributed by atoms with Gasteiger partial charge in [-0.3, -0.25) is 4.90 Å². The van der Waals surface area contributed by atoms with Crippen molar-refractivity contribution in [3.63, 3.8) is 0 Å². The van der Waals surface area contributed by atoms with E-state index in [1.165, 1.54) is 49.2 Å². The van der Waals surface area contributed by atoms with Gasteiger partial charge in [0, 0.05) is 36.0 Å². The molecule has 1 heterocycles. The Morgan fingerprint density at radius 1 is 1.50 bits per heavy atom. The summed E-state index contributed by atoms with van der Waals surface area (Å²) in [5.41, 5.74) is 0.635. The van der Waals surface area contributed by atoms with Gasteiger partial charge in [-0.15, -0.1) is 0 Å². The SMILES string of the molecule is CC1CSCCN1CC1(CBr)CCC1. The van der Waals surface area contributed by atoms with E-state index in [0.717, 1.165) is 6.04 Å². The largest absolute Gasteiger partial charge is 0.298 e. The lowest BCUT2D eigenvalue weighted by atomic mass is 9.70. The van der Waals surface area contributed by atoms with E-state index in [9.17, 15) is 0 Å². The van der Waals surface area contributed by atoms with Crippen LogP contribution in [0.25, 0.3) is 0 Å². The van der Waals surface area contributed by atoms with Crippen LogP contribution in [0.4, 0.5) is 0 Å². The lowest BCUT2D eigenvalue weighted by molar-refractivity contribution is 0.0767. The Labute approximate surface area is 100 Å². The monoisotopic (exact) mass is 277 g/mol. The van der Waals surface area contributed by atoms with Crippen LogP contribution in [0, 0.1) is 5.41 Å². The molecule has 0 N–H and O–H groups in total. The number of rotatable bonds is 3. The van der Waals surface area contributed by atoms with E-state index in [-0.39, 0.29) is 0 Å². The molecule has 0 bridgehead atoms. The van der Waals surface area contributed by atoms with Crippen molar-refractivity contribution in [3.8, 4) is 0 Å². The predicted octanol–water partition coefficient (Wildman–Crippen LogP) is 2.99. The molecule has 0 spiro atoms. The summed E-state index contributed by atoms with van der Waals surface area (Å²) in [6.07, 6.45) is 4.33. The lowest BCUT2D eigenvalue weighted by Gasteiger charge is -2.46. The quantitative estimate of drug-likeness (QED) is 0.730. The second kappa shape index (κ2) is 4.75. The first kappa shape index (κ1) is 11.3. The molecule has 1 atom stereocenters. The van der Waals surface area contributed by atoms with Crippen LogP contribution in [0.3, 0.4) is 0 Å². The van der Waals surface area contributed by atoms with Crippen LogP contribution < -0.4 is 0 Å². The zero-order valence-electron chi connectivity index (χ0n) is 8.97. The first-order valence-corrected chi connectivity index (χ1v) is 7.91. The summed E-state index contributed by atoms with van der Waals surface area (Å²) in [4.78, 5) is 2.71. The second-order valence-electron chi connectivity index (χ2n) is 4.88. The molecule has 1 nitrogen and oxygen atoms in total. The molecular weight excluding hydrogens is 258 g/mol. The fourth-order valence-electron chi connectivity index (χ4n) is 2.44. The minimum absolute atomic E-state index is 0.635. The van der Waals surface area contributed by atoms with E-state index in [1.54, 1.807) is 0 Å². The van der Waals surface area contributed by atoms with Gasteiger partial charge in [0.2, 0.25) is 0 Å². The third kappa shape index (κ3) is 2.30. The molecule has 0 aromatic carbocycles. The lowest BCUT2D eigenvalue weighted by Crippen LogP contribution is -2.49. The van der Waals surface area contributed by atoms with Crippen LogP contribution in [0.15, 0.2) is 0 Å². The van der Waals surface area contributed by atoms with Gasteiger partial charge < -0.3 is 0 Å². The van der Waals surface area contributed by atoms with Crippen LogP contribution in [0.5, 0.6) is 0 Å². The van der Waals surface area contributed by atoms with Crippen LogP contribution in [0.1, 0.15) is 26.2 Å². The van der Waals surface area contributed by atoms with Crippen molar-refractivity contribution in [2.24, 2.45) is 5.41 Å². The molecule has 82 valence electrons. The van der Waals surface area contributed by atoms with E-state index in [1.807, 2.05) is 0 Å². The molecule has 1 aliphatic carbocycles. The zero-order chi connectivity index (χ0) is 10.0. The van der Waals surface area contributed by atoms with Crippen molar-refractivity contribution in [3.05, 3.63) is 0 Å². The van der Waals surface area contributed by atoms with E-state index in [0.29, 0.717) is 5.41 Å². The van der Waals surface area contributed by atoms with Crippen LogP contribution in [-0.4, -0.2) is 40.9 Å². The van der Waals surface area contributed by atoms with E-state index in [2.05, 4.69) is 39.5 Å². The van der Waals surface area contributed by atoms with Gasteiger partial charge in [-0.05, 0) is 25.2 Å². The molecule has 0 aromatic rings. The molecule has 0 radical (unpaired) electrons. The van der Waals surface area contributed by atoms with Crippen molar-refractivity contribution in [2.45, 2.75) is 32.2 Å². The molecule has 0 amide bonds. The Balaban J connectivity index is 1.88. The van der Waals surface area contributed by atoms with Gasteiger partial charge in [-0.1, -0.05) is 22.4 Å². The number of hydrogen-bond donors (Lipinski definition) is 0. The van der Waals surface area contributed by atoms with Crippen molar-refractivity contribution < 1.29 is 0 Å². The van der Waals surface area contributed by atoms with Crippen LogP contribution >= 0.6 is 27.7 Å². The van der Waals surface area contributed by atoms with E-state index >= 15 is 0 Å². The molecule has 3 heteroatoms.